The van der Waals surface area contributed by atoms with E-state index in [0.717, 1.165) is 42.7 Å². The zero-order chi connectivity index (χ0) is 20.8. The van der Waals surface area contributed by atoms with E-state index in [-0.39, 0.29) is 16.7 Å². The van der Waals surface area contributed by atoms with Gasteiger partial charge in [0, 0.05) is 6.61 Å². The first kappa shape index (κ1) is 20.4. The number of hydrogen-bond acceptors (Lipinski definition) is 3. The summed E-state index contributed by atoms with van der Waals surface area (Å²) in [5.41, 5.74) is 0.0257. The van der Waals surface area contributed by atoms with Gasteiger partial charge in [0.05, 0.1) is 12.2 Å². The van der Waals surface area contributed by atoms with Crippen LogP contribution in [0.3, 0.4) is 0 Å². The second-order valence-corrected chi connectivity index (χ2v) is 14.1. The van der Waals surface area contributed by atoms with Crippen molar-refractivity contribution in [3.63, 3.8) is 0 Å². The summed E-state index contributed by atoms with van der Waals surface area (Å²) in [6, 6.07) is 20.7. The van der Waals surface area contributed by atoms with Gasteiger partial charge in [-0.15, -0.1) is 0 Å². The highest BCUT2D eigenvalue weighted by Gasteiger charge is 2.66. The standard InChI is InChI=1S/C26H34O3Si/c1-25(2,18-16-20-14-15-23-26(29-23)17-9-19-28-24(20)26)30(27,21-10-5-3-6-11-21)22-12-7-4-8-13-22/h3-8,10-13,20,23-24,27H,9,14-19H2,1-2H3/t20-,23+,24?,26+/m0/s1. The van der Waals surface area contributed by atoms with Gasteiger partial charge in [-0.05, 0) is 59.9 Å². The maximum absolute atomic E-state index is 12.4. The van der Waals surface area contributed by atoms with Crippen LogP contribution in [0, 0.1) is 5.92 Å². The minimum atomic E-state index is -2.94. The minimum Gasteiger partial charge on any atom is -0.424 e. The maximum Gasteiger partial charge on any atom is 0.258 e. The SMILES string of the molecule is CC(C)(CC[C@@H]1CC[C@H]2O[C@]23CCCOC13)[Si](O)(c1ccccc1)c1ccccc1. The normalized spacial score (nSPS) is 31.0. The summed E-state index contributed by atoms with van der Waals surface area (Å²) in [7, 11) is -2.94. The number of rotatable bonds is 6. The van der Waals surface area contributed by atoms with Gasteiger partial charge in [0.25, 0.3) is 8.32 Å². The van der Waals surface area contributed by atoms with Crippen molar-refractivity contribution in [3.8, 4) is 0 Å². The molecule has 4 atom stereocenters. The van der Waals surface area contributed by atoms with Crippen molar-refractivity contribution in [1.82, 2.24) is 0 Å². The third-order valence-corrected chi connectivity index (χ3v) is 12.6. The Kier molecular flexibility index (Phi) is 5.17. The second kappa shape index (κ2) is 7.59. The lowest BCUT2D eigenvalue weighted by molar-refractivity contribution is -0.0821. The Morgan fingerprint density at radius 1 is 1.00 bits per heavy atom. The molecule has 1 saturated carbocycles. The van der Waals surface area contributed by atoms with Gasteiger partial charge >= 0.3 is 0 Å². The summed E-state index contributed by atoms with van der Waals surface area (Å²) in [5, 5.41) is 2.00. The molecule has 2 aliphatic heterocycles. The van der Waals surface area contributed by atoms with Crippen LogP contribution in [-0.4, -0.2) is 37.5 Å². The summed E-state index contributed by atoms with van der Waals surface area (Å²) < 4.78 is 12.5. The smallest absolute Gasteiger partial charge is 0.258 e. The van der Waals surface area contributed by atoms with Crippen LogP contribution in [0.2, 0.25) is 5.04 Å². The molecule has 2 aromatic carbocycles. The van der Waals surface area contributed by atoms with E-state index in [1.807, 2.05) is 12.1 Å². The van der Waals surface area contributed by atoms with Crippen molar-refractivity contribution in [2.75, 3.05) is 6.61 Å². The Morgan fingerprint density at radius 2 is 1.63 bits per heavy atom. The first-order valence-corrected chi connectivity index (χ1v) is 13.5. The molecule has 3 fully saturated rings. The van der Waals surface area contributed by atoms with E-state index in [1.54, 1.807) is 0 Å². The Bertz CT molecular complexity index is 829. The molecular weight excluding hydrogens is 388 g/mol. The summed E-state index contributed by atoms with van der Waals surface area (Å²) in [5.74, 6) is 0.535. The lowest BCUT2D eigenvalue weighted by Crippen LogP contribution is -2.65. The van der Waals surface area contributed by atoms with Crippen LogP contribution in [0.1, 0.15) is 52.4 Å². The van der Waals surface area contributed by atoms with E-state index in [9.17, 15) is 4.80 Å². The quantitative estimate of drug-likeness (QED) is 0.565. The van der Waals surface area contributed by atoms with E-state index in [1.165, 1.54) is 12.8 Å². The fraction of sp³-hybridized carbons (Fsp3) is 0.538. The molecule has 30 heavy (non-hydrogen) atoms. The van der Waals surface area contributed by atoms with Crippen LogP contribution in [0.15, 0.2) is 60.7 Å². The van der Waals surface area contributed by atoms with E-state index in [4.69, 9.17) is 9.47 Å². The van der Waals surface area contributed by atoms with Crippen molar-refractivity contribution < 1.29 is 14.3 Å². The molecule has 2 aromatic rings. The molecule has 1 aliphatic carbocycles. The number of benzene rings is 2. The van der Waals surface area contributed by atoms with Gasteiger partial charge in [0.1, 0.15) is 5.60 Å². The highest BCUT2D eigenvalue weighted by molar-refractivity contribution is 6.98. The Labute approximate surface area is 181 Å². The van der Waals surface area contributed by atoms with E-state index in [2.05, 4.69) is 62.4 Å². The van der Waals surface area contributed by atoms with E-state index in [0.29, 0.717) is 12.0 Å². The average molecular weight is 423 g/mol. The van der Waals surface area contributed by atoms with Crippen LogP contribution in [-0.2, 0) is 9.47 Å². The molecule has 5 rings (SSSR count). The molecule has 0 radical (unpaired) electrons. The third-order valence-electron chi connectivity index (χ3n) is 8.07. The molecule has 2 saturated heterocycles. The van der Waals surface area contributed by atoms with Gasteiger partial charge in [0.15, 0.2) is 0 Å². The summed E-state index contributed by atoms with van der Waals surface area (Å²) in [6.45, 7) is 5.42. The van der Waals surface area contributed by atoms with Gasteiger partial charge in [-0.25, -0.2) is 0 Å². The predicted molar refractivity (Wildman–Crippen MR) is 123 cm³/mol. The molecule has 1 spiro atoms. The van der Waals surface area contributed by atoms with Gasteiger partial charge in [0.2, 0.25) is 0 Å². The molecule has 1 N–H and O–H groups in total. The molecular formula is C26H34O3Si. The largest absolute Gasteiger partial charge is 0.424 e. The average Bonchev–Trinajstić information content (AvgIpc) is 3.50. The lowest BCUT2D eigenvalue weighted by Gasteiger charge is -2.44. The molecule has 4 heteroatoms. The van der Waals surface area contributed by atoms with Gasteiger partial charge in [-0.2, -0.15) is 0 Å². The van der Waals surface area contributed by atoms with Crippen molar-refractivity contribution >= 4 is 18.7 Å². The van der Waals surface area contributed by atoms with E-state index < -0.39 is 8.32 Å². The molecule has 160 valence electrons. The molecule has 1 unspecified atom stereocenters. The molecule has 3 aliphatic rings. The molecule has 2 heterocycles. The van der Waals surface area contributed by atoms with Crippen LogP contribution < -0.4 is 10.4 Å². The molecule has 0 bridgehead atoms. The fourth-order valence-corrected chi connectivity index (χ4v) is 9.98. The zero-order valence-electron chi connectivity index (χ0n) is 18.2. The van der Waals surface area contributed by atoms with Gasteiger partial charge in [-0.3, -0.25) is 0 Å². The summed E-state index contributed by atoms with van der Waals surface area (Å²) >= 11 is 0. The summed E-state index contributed by atoms with van der Waals surface area (Å²) in [4.78, 5) is 12.4. The lowest BCUT2D eigenvalue weighted by atomic mass is 9.73. The molecule has 0 amide bonds. The first-order valence-electron chi connectivity index (χ1n) is 11.6. The predicted octanol–water partition coefficient (Wildman–Crippen LogP) is 4.03. The number of hydrogen-bond donors (Lipinski definition) is 1. The van der Waals surface area contributed by atoms with Gasteiger partial charge < -0.3 is 14.3 Å². The summed E-state index contributed by atoms with van der Waals surface area (Å²) in [6.07, 6.45) is 7.41. The second-order valence-electron chi connectivity index (χ2n) is 10.2. The van der Waals surface area contributed by atoms with Crippen LogP contribution >= 0.6 is 0 Å². The highest BCUT2D eigenvalue weighted by Crippen LogP contribution is 2.57. The molecule has 0 aromatic heterocycles. The van der Waals surface area contributed by atoms with Crippen LogP contribution in [0.4, 0.5) is 0 Å². The Morgan fingerprint density at radius 3 is 2.27 bits per heavy atom. The van der Waals surface area contributed by atoms with Crippen molar-refractivity contribution in [2.24, 2.45) is 5.92 Å². The first-order chi connectivity index (χ1) is 14.5. The number of ether oxygens (including phenoxy) is 2. The highest BCUT2D eigenvalue weighted by atomic mass is 28.4. The van der Waals surface area contributed by atoms with Crippen LogP contribution in [0.25, 0.3) is 0 Å². The Balaban J connectivity index is 1.41. The van der Waals surface area contributed by atoms with E-state index >= 15 is 0 Å². The van der Waals surface area contributed by atoms with Crippen LogP contribution in [0.5, 0.6) is 0 Å². The molecule has 3 nitrogen and oxygen atoms in total. The van der Waals surface area contributed by atoms with Crippen molar-refractivity contribution in [2.45, 2.75) is 75.2 Å². The van der Waals surface area contributed by atoms with Crippen molar-refractivity contribution in [1.29, 1.82) is 0 Å². The minimum absolute atomic E-state index is 0.0257. The number of epoxide rings is 1. The monoisotopic (exact) mass is 422 g/mol. The maximum atomic E-state index is 12.4. The topological polar surface area (TPSA) is 42.0 Å². The fourth-order valence-electron chi connectivity index (χ4n) is 6.23. The third kappa shape index (κ3) is 3.20. The zero-order valence-corrected chi connectivity index (χ0v) is 19.2. The Hall–Kier alpha value is -1.46. The van der Waals surface area contributed by atoms with Crippen molar-refractivity contribution in [3.05, 3.63) is 60.7 Å². The van der Waals surface area contributed by atoms with Gasteiger partial charge in [-0.1, -0.05) is 74.5 Å².